The highest BCUT2D eigenvalue weighted by molar-refractivity contribution is 5.93. The summed E-state index contributed by atoms with van der Waals surface area (Å²) < 4.78 is 32.3. The number of aliphatic carboxylic acids is 1. The maximum absolute atomic E-state index is 14.6. The van der Waals surface area contributed by atoms with E-state index in [2.05, 4.69) is 10.4 Å². The van der Waals surface area contributed by atoms with E-state index in [1.807, 2.05) is 13.8 Å². The molecule has 1 unspecified atom stereocenters. The lowest BCUT2D eigenvalue weighted by Crippen LogP contribution is -2.38. The Hall–Kier alpha value is -4.12. The standard InChI is InChI=1S/C27H32FN3O7/c1-16(2)27(3,35)15-38-23-13-20(30-31(23)21-11-7-6-10-18(21)28)26(34)29-19(14-24(32)33)17-9-8-12-22(36-4)25(17)37-5/h6-13,16,19,35H,14-15H2,1-5H3,(H,29,34)(H,32,33)/t19-,27?/m0/s1. The van der Waals surface area contributed by atoms with Crippen molar-refractivity contribution in [1.82, 2.24) is 15.1 Å². The summed E-state index contributed by atoms with van der Waals surface area (Å²) in [5.74, 6) is -1.97. The number of hydrogen-bond acceptors (Lipinski definition) is 7. The first-order valence-electron chi connectivity index (χ1n) is 11.9. The molecular weight excluding hydrogens is 497 g/mol. The number of carbonyl (C=O) groups excluding carboxylic acids is 1. The van der Waals surface area contributed by atoms with E-state index in [0.717, 1.165) is 4.68 Å². The van der Waals surface area contributed by atoms with Gasteiger partial charge in [0, 0.05) is 11.6 Å². The molecule has 0 spiro atoms. The number of rotatable bonds is 12. The molecule has 0 saturated heterocycles. The number of aromatic nitrogens is 2. The molecule has 204 valence electrons. The van der Waals surface area contributed by atoms with Crippen LogP contribution in [0.4, 0.5) is 4.39 Å². The van der Waals surface area contributed by atoms with Crippen LogP contribution in [0.5, 0.6) is 17.4 Å². The average Bonchev–Trinajstić information content (AvgIpc) is 3.30. The van der Waals surface area contributed by atoms with Crippen LogP contribution in [0, 0.1) is 11.7 Å². The van der Waals surface area contributed by atoms with E-state index < -0.39 is 35.8 Å². The van der Waals surface area contributed by atoms with E-state index >= 15 is 0 Å². The van der Waals surface area contributed by atoms with Gasteiger partial charge in [-0.05, 0) is 31.0 Å². The molecule has 0 aliphatic rings. The first-order valence-corrected chi connectivity index (χ1v) is 11.9. The van der Waals surface area contributed by atoms with Crippen LogP contribution in [0.15, 0.2) is 48.5 Å². The maximum atomic E-state index is 14.6. The highest BCUT2D eigenvalue weighted by atomic mass is 19.1. The van der Waals surface area contributed by atoms with Crippen LogP contribution < -0.4 is 19.5 Å². The summed E-state index contributed by atoms with van der Waals surface area (Å²) in [5.41, 5.74) is -0.935. The zero-order valence-corrected chi connectivity index (χ0v) is 21.9. The van der Waals surface area contributed by atoms with Crippen molar-refractivity contribution in [1.29, 1.82) is 0 Å². The molecule has 11 heteroatoms. The number of para-hydroxylation sites is 2. The van der Waals surface area contributed by atoms with Crippen LogP contribution in [0.1, 0.15) is 49.3 Å². The third kappa shape index (κ3) is 6.41. The number of methoxy groups -OCH3 is 2. The first kappa shape index (κ1) is 28.5. The number of carbonyl (C=O) groups is 2. The van der Waals surface area contributed by atoms with E-state index in [-0.39, 0.29) is 35.5 Å². The summed E-state index contributed by atoms with van der Waals surface area (Å²) in [6.45, 7) is 5.11. The minimum Gasteiger partial charge on any atom is -0.493 e. The minimum absolute atomic E-state index is 0.0231. The second kappa shape index (κ2) is 12.0. The SMILES string of the molecule is COc1cccc([C@H](CC(=O)O)NC(=O)c2cc(OCC(C)(O)C(C)C)n(-c3ccccc3F)n2)c1OC. The number of hydrogen-bond donors (Lipinski definition) is 3. The Morgan fingerprint density at radius 2 is 1.84 bits per heavy atom. The zero-order valence-electron chi connectivity index (χ0n) is 21.9. The van der Waals surface area contributed by atoms with Gasteiger partial charge in [-0.1, -0.05) is 38.1 Å². The topological polar surface area (TPSA) is 132 Å². The highest BCUT2D eigenvalue weighted by Crippen LogP contribution is 2.36. The fourth-order valence-electron chi connectivity index (χ4n) is 3.59. The fraction of sp³-hybridized carbons (Fsp3) is 0.370. The molecule has 3 aromatic rings. The molecule has 0 aliphatic heterocycles. The summed E-state index contributed by atoms with van der Waals surface area (Å²) in [4.78, 5) is 24.9. The van der Waals surface area contributed by atoms with E-state index in [1.165, 1.54) is 38.5 Å². The van der Waals surface area contributed by atoms with Crippen LogP contribution in [-0.2, 0) is 4.79 Å². The van der Waals surface area contributed by atoms with Gasteiger partial charge in [0.05, 0.1) is 32.3 Å². The van der Waals surface area contributed by atoms with Crippen molar-refractivity contribution < 1.29 is 38.4 Å². The van der Waals surface area contributed by atoms with Crippen molar-refractivity contribution in [3.05, 3.63) is 65.6 Å². The summed E-state index contributed by atoms with van der Waals surface area (Å²) in [6, 6.07) is 11.0. The second-order valence-electron chi connectivity index (χ2n) is 9.24. The Morgan fingerprint density at radius 3 is 2.45 bits per heavy atom. The lowest BCUT2D eigenvalue weighted by atomic mass is 9.94. The van der Waals surface area contributed by atoms with Gasteiger partial charge in [-0.25, -0.2) is 4.39 Å². The van der Waals surface area contributed by atoms with Gasteiger partial charge in [-0.3, -0.25) is 9.59 Å². The number of carboxylic acid groups (broad SMARTS) is 1. The van der Waals surface area contributed by atoms with Crippen LogP contribution in [0.3, 0.4) is 0 Å². The molecule has 1 aromatic heterocycles. The third-order valence-corrected chi connectivity index (χ3v) is 6.24. The fourth-order valence-corrected chi connectivity index (χ4v) is 3.59. The summed E-state index contributed by atoms with van der Waals surface area (Å²) >= 11 is 0. The third-order valence-electron chi connectivity index (χ3n) is 6.24. The molecule has 2 atom stereocenters. The van der Waals surface area contributed by atoms with Crippen molar-refractivity contribution in [2.45, 2.75) is 38.8 Å². The van der Waals surface area contributed by atoms with E-state index in [9.17, 15) is 24.2 Å². The average molecular weight is 530 g/mol. The van der Waals surface area contributed by atoms with E-state index in [0.29, 0.717) is 11.3 Å². The molecule has 0 saturated carbocycles. The maximum Gasteiger partial charge on any atom is 0.305 e. The van der Waals surface area contributed by atoms with Crippen LogP contribution in [-0.4, -0.2) is 58.3 Å². The summed E-state index contributed by atoms with van der Waals surface area (Å²) in [7, 11) is 2.85. The normalized spacial score (nSPS) is 13.5. The van der Waals surface area contributed by atoms with Gasteiger partial charge in [0.1, 0.15) is 18.1 Å². The molecule has 0 bridgehead atoms. The monoisotopic (exact) mass is 529 g/mol. The van der Waals surface area contributed by atoms with Crippen molar-refractivity contribution >= 4 is 11.9 Å². The molecule has 2 aromatic carbocycles. The predicted molar refractivity (Wildman–Crippen MR) is 136 cm³/mol. The second-order valence-corrected chi connectivity index (χ2v) is 9.24. The van der Waals surface area contributed by atoms with Gasteiger partial charge < -0.3 is 29.7 Å². The number of halogens is 1. The number of carboxylic acids is 1. The number of aliphatic hydroxyl groups is 1. The van der Waals surface area contributed by atoms with E-state index in [1.54, 1.807) is 31.2 Å². The van der Waals surface area contributed by atoms with Crippen LogP contribution in [0.25, 0.3) is 5.69 Å². The summed E-state index contributed by atoms with van der Waals surface area (Å²) in [5, 5.41) is 27.0. The first-order chi connectivity index (χ1) is 18.0. The predicted octanol–water partition coefficient (Wildman–Crippen LogP) is 3.76. The Bertz CT molecular complexity index is 1290. The largest absolute Gasteiger partial charge is 0.493 e. The number of nitrogens with one attached hydrogen (secondary N) is 1. The lowest BCUT2D eigenvalue weighted by molar-refractivity contribution is -0.137. The van der Waals surface area contributed by atoms with Crippen molar-refractivity contribution in [2.24, 2.45) is 5.92 Å². The molecular formula is C27H32FN3O7. The molecule has 10 nitrogen and oxygen atoms in total. The molecule has 38 heavy (non-hydrogen) atoms. The number of benzene rings is 2. The number of nitrogens with zero attached hydrogens (tertiary/aromatic N) is 2. The molecule has 1 heterocycles. The molecule has 0 aliphatic carbocycles. The number of amides is 1. The highest BCUT2D eigenvalue weighted by Gasteiger charge is 2.29. The minimum atomic E-state index is -1.21. The Labute approximate surface area is 219 Å². The van der Waals surface area contributed by atoms with Gasteiger partial charge in [0.15, 0.2) is 17.2 Å². The van der Waals surface area contributed by atoms with Crippen molar-refractivity contribution in [3.63, 3.8) is 0 Å². The van der Waals surface area contributed by atoms with Gasteiger partial charge in [0.25, 0.3) is 5.91 Å². The number of ether oxygens (including phenoxy) is 3. The smallest absolute Gasteiger partial charge is 0.305 e. The zero-order chi connectivity index (χ0) is 28.0. The molecule has 0 fully saturated rings. The van der Waals surface area contributed by atoms with Crippen LogP contribution >= 0.6 is 0 Å². The van der Waals surface area contributed by atoms with Gasteiger partial charge in [0.2, 0.25) is 5.88 Å². The van der Waals surface area contributed by atoms with Crippen LogP contribution in [0.2, 0.25) is 0 Å². The Kier molecular flexibility index (Phi) is 8.95. The van der Waals surface area contributed by atoms with E-state index in [4.69, 9.17) is 14.2 Å². The quantitative estimate of drug-likeness (QED) is 0.323. The molecule has 3 N–H and O–H groups in total. The van der Waals surface area contributed by atoms with Crippen molar-refractivity contribution in [2.75, 3.05) is 20.8 Å². The van der Waals surface area contributed by atoms with Crippen molar-refractivity contribution in [3.8, 4) is 23.1 Å². The molecule has 3 rings (SSSR count). The molecule has 1 amide bonds. The van der Waals surface area contributed by atoms with Gasteiger partial charge >= 0.3 is 5.97 Å². The Morgan fingerprint density at radius 1 is 1.13 bits per heavy atom. The molecule has 0 radical (unpaired) electrons. The summed E-state index contributed by atoms with van der Waals surface area (Å²) in [6.07, 6.45) is -0.454. The van der Waals surface area contributed by atoms with Gasteiger partial charge in [-0.2, -0.15) is 9.78 Å². The lowest BCUT2D eigenvalue weighted by Gasteiger charge is -2.27. The Balaban J connectivity index is 2.00. The van der Waals surface area contributed by atoms with Gasteiger partial charge in [-0.15, -0.1) is 0 Å².